The van der Waals surface area contributed by atoms with E-state index in [4.69, 9.17) is 5.73 Å². The van der Waals surface area contributed by atoms with Gasteiger partial charge in [-0.15, -0.1) is 11.3 Å². The lowest BCUT2D eigenvalue weighted by Crippen LogP contribution is -2.26. The van der Waals surface area contributed by atoms with Crippen LogP contribution in [0.25, 0.3) is 21.5 Å². The Morgan fingerprint density at radius 2 is 1.76 bits per heavy atom. The van der Waals surface area contributed by atoms with Crippen LogP contribution >= 0.6 is 11.3 Å². The second-order valence-corrected chi connectivity index (χ2v) is 8.90. The van der Waals surface area contributed by atoms with Gasteiger partial charge in [0.25, 0.3) is 11.8 Å². The fourth-order valence-electron chi connectivity index (χ4n) is 3.82. The Morgan fingerprint density at radius 1 is 1.03 bits per heavy atom. The molecule has 0 aliphatic heterocycles. The van der Waals surface area contributed by atoms with Crippen LogP contribution in [0, 0.1) is 5.82 Å². The third kappa shape index (κ3) is 4.67. The number of amides is 3. The number of hydrogen-bond donors (Lipinski definition) is 2. The molecule has 3 aromatic heterocycles. The number of halogens is 1. The smallest absolute Gasteiger partial charge is 0.325 e. The zero-order valence-electron chi connectivity index (χ0n) is 19.4. The molecule has 11 heteroatoms. The third-order valence-corrected chi connectivity index (χ3v) is 6.59. The first-order valence-electron chi connectivity index (χ1n) is 11.0. The summed E-state index contributed by atoms with van der Waals surface area (Å²) in [5.74, 6) is -1.15. The molecule has 0 unspecified atom stereocenters. The standard InChI is InChI=1S/C26H19FN6O3S/c1-32(25(35)16-2-5-18(27)6-3-16)19-7-4-17-12-22(33(26(28)36)21(17)13-19)31-23(34)20-14-37-24(30-20)15-8-10-29-11-9-15/h2-14H,1H3,(H2,28,36)(H,31,34). The van der Waals surface area contributed by atoms with Crippen molar-refractivity contribution >= 4 is 51.6 Å². The van der Waals surface area contributed by atoms with Crippen LogP contribution in [0.2, 0.25) is 0 Å². The Hall–Kier alpha value is -4.90. The van der Waals surface area contributed by atoms with Crippen molar-refractivity contribution in [1.82, 2.24) is 14.5 Å². The van der Waals surface area contributed by atoms with E-state index < -0.39 is 17.8 Å². The largest absolute Gasteiger partial charge is 0.351 e. The van der Waals surface area contributed by atoms with Gasteiger partial charge >= 0.3 is 6.03 Å². The number of thiazole rings is 1. The molecule has 9 nitrogen and oxygen atoms in total. The van der Waals surface area contributed by atoms with Crippen molar-refractivity contribution in [2.75, 3.05) is 17.3 Å². The SMILES string of the molecule is CN(C(=O)c1ccc(F)cc1)c1ccc2cc(NC(=O)c3csc(-c4ccncc4)n3)n(C(N)=O)c2c1. The van der Waals surface area contributed by atoms with Gasteiger partial charge in [-0.25, -0.2) is 18.7 Å². The van der Waals surface area contributed by atoms with Gasteiger partial charge < -0.3 is 16.0 Å². The van der Waals surface area contributed by atoms with E-state index in [1.165, 1.54) is 40.5 Å². The molecular formula is C26H19FN6O3S. The van der Waals surface area contributed by atoms with Crippen LogP contribution in [-0.2, 0) is 0 Å². The first-order valence-corrected chi connectivity index (χ1v) is 11.9. The monoisotopic (exact) mass is 514 g/mol. The van der Waals surface area contributed by atoms with Crippen LogP contribution < -0.4 is 16.0 Å². The van der Waals surface area contributed by atoms with Crippen LogP contribution in [0.3, 0.4) is 0 Å². The molecule has 184 valence electrons. The lowest BCUT2D eigenvalue weighted by molar-refractivity contribution is 0.0990. The molecule has 3 amide bonds. The van der Waals surface area contributed by atoms with Crippen LogP contribution in [-0.4, -0.2) is 39.4 Å². The molecule has 0 aliphatic rings. The van der Waals surface area contributed by atoms with E-state index in [2.05, 4.69) is 15.3 Å². The number of nitrogens with one attached hydrogen (secondary N) is 1. The molecule has 37 heavy (non-hydrogen) atoms. The molecule has 2 aromatic carbocycles. The summed E-state index contributed by atoms with van der Waals surface area (Å²) in [5.41, 5.74) is 7.84. The molecule has 0 bridgehead atoms. The highest BCUT2D eigenvalue weighted by molar-refractivity contribution is 7.13. The first-order chi connectivity index (χ1) is 17.8. The predicted octanol–water partition coefficient (Wildman–Crippen LogP) is 4.75. The zero-order chi connectivity index (χ0) is 26.1. The van der Waals surface area contributed by atoms with Crippen molar-refractivity contribution in [3.05, 3.63) is 95.5 Å². The predicted molar refractivity (Wildman–Crippen MR) is 139 cm³/mol. The summed E-state index contributed by atoms with van der Waals surface area (Å²) in [5, 5.41) is 5.60. The first kappa shape index (κ1) is 23.8. The minimum atomic E-state index is -0.814. The number of nitrogens with two attached hydrogens (primary N) is 1. The molecule has 0 saturated heterocycles. The Bertz CT molecular complexity index is 1650. The summed E-state index contributed by atoms with van der Waals surface area (Å²) in [4.78, 5) is 47.9. The highest BCUT2D eigenvalue weighted by Gasteiger charge is 2.20. The van der Waals surface area contributed by atoms with E-state index in [0.29, 0.717) is 27.2 Å². The number of benzene rings is 2. The quantitative estimate of drug-likeness (QED) is 0.350. The number of rotatable bonds is 5. The summed E-state index contributed by atoms with van der Waals surface area (Å²) in [6, 6.07) is 14.6. The maximum atomic E-state index is 13.2. The normalized spacial score (nSPS) is 10.9. The van der Waals surface area contributed by atoms with Gasteiger partial charge in [-0.3, -0.25) is 14.6 Å². The van der Waals surface area contributed by atoms with Gasteiger partial charge in [-0.1, -0.05) is 6.07 Å². The van der Waals surface area contributed by atoms with Crippen LogP contribution in [0.5, 0.6) is 0 Å². The Labute approximate surface area is 214 Å². The van der Waals surface area contributed by atoms with Crippen molar-refractivity contribution < 1.29 is 18.8 Å². The minimum absolute atomic E-state index is 0.163. The fourth-order valence-corrected chi connectivity index (χ4v) is 4.62. The average Bonchev–Trinajstić information content (AvgIpc) is 3.53. The number of primary amides is 1. The number of nitrogens with zero attached hydrogens (tertiary/aromatic N) is 4. The van der Waals surface area contributed by atoms with Gasteiger partial charge in [0.05, 0.1) is 5.52 Å². The maximum Gasteiger partial charge on any atom is 0.325 e. The van der Waals surface area contributed by atoms with Gasteiger partial charge in [-0.2, -0.15) is 0 Å². The lowest BCUT2D eigenvalue weighted by Gasteiger charge is -2.18. The van der Waals surface area contributed by atoms with Crippen molar-refractivity contribution in [1.29, 1.82) is 0 Å². The van der Waals surface area contributed by atoms with Crippen molar-refractivity contribution in [3.63, 3.8) is 0 Å². The number of carbonyl (C=O) groups excluding carboxylic acids is 3. The molecule has 5 rings (SSSR count). The van der Waals surface area contributed by atoms with Crippen molar-refractivity contribution in [2.45, 2.75) is 0 Å². The maximum absolute atomic E-state index is 13.2. The van der Waals surface area contributed by atoms with Gasteiger partial charge in [0.1, 0.15) is 22.3 Å². The summed E-state index contributed by atoms with van der Waals surface area (Å²) >= 11 is 1.31. The van der Waals surface area contributed by atoms with Crippen LogP contribution in [0.1, 0.15) is 20.8 Å². The van der Waals surface area contributed by atoms with Crippen LogP contribution in [0.4, 0.5) is 20.7 Å². The number of aromatic nitrogens is 3. The molecule has 0 aliphatic carbocycles. The summed E-state index contributed by atoms with van der Waals surface area (Å²) in [7, 11) is 1.57. The topological polar surface area (TPSA) is 123 Å². The van der Waals surface area contributed by atoms with E-state index >= 15 is 0 Å². The van der Waals surface area contributed by atoms with Crippen LogP contribution in [0.15, 0.2) is 78.4 Å². The highest BCUT2D eigenvalue weighted by atomic mass is 32.1. The number of carbonyl (C=O) groups is 3. The van der Waals surface area contributed by atoms with Gasteiger partial charge in [0.15, 0.2) is 0 Å². The fraction of sp³-hybridized carbons (Fsp3) is 0.0385. The van der Waals surface area contributed by atoms with E-state index in [1.807, 2.05) is 0 Å². The molecule has 3 heterocycles. The minimum Gasteiger partial charge on any atom is -0.351 e. The number of pyridine rings is 1. The average molecular weight is 515 g/mol. The van der Waals surface area contributed by atoms with Gasteiger partial charge in [-0.05, 0) is 54.6 Å². The molecular weight excluding hydrogens is 495 g/mol. The lowest BCUT2D eigenvalue weighted by atomic mass is 10.1. The Kier molecular flexibility index (Phi) is 6.20. The zero-order valence-corrected chi connectivity index (χ0v) is 20.2. The Balaban J connectivity index is 1.44. The summed E-state index contributed by atoms with van der Waals surface area (Å²) < 4.78 is 14.4. The second-order valence-electron chi connectivity index (χ2n) is 8.05. The molecule has 5 aromatic rings. The van der Waals surface area contributed by atoms with Crippen molar-refractivity contribution in [2.24, 2.45) is 5.73 Å². The number of hydrogen-bond acceptors (Lipinski definition) is 6. The molecule has 0 fully saturated rings. The number of fused-ring (bicyclic) bond motifs is 1. The van der Waals surface area contributed by atoms with E-state index in [9.17, 15) is 18.8 Å². The van der Waals surface area contributed by atoms with E-state index in [1.54, 1.807) is 61.2 Å². The Morgan fingerprint density at radius 3 is 2.46 bits per heavy atom. The second kappa shape index (κ2) is 9.63. The van der Waals surface area contributed by atoms with Crippen molar-refractivity contribution in [3.8, 4) is 10.6 Å². The summed E-state index contributed by atoms with van der Waals surface area (Å²) in [6.45, 7) is 0. The molecule has 0 radical (unpaired) electrons. The van der Waals surface area contributed by atoms with Gasteiger partial charge in [0, 0.05) is 47.0 Å². The number of anilines is 2. The highest BCUT2D eigenvalue weighted by Crippen LogP contribution is 2.29. The molecule has 0 spiro atoms. The third-order valence-electron chi connectivity index (χ3n) is 5.70. The summed E-state index contributed by atoms with van der Waals surface area (Å²) in [6.07, 6.45) is 3.28. The molecule has 0 atom stereocenters. The van der Waals surface area contributed by atoms with E-state index in [-0.39, 0.29) is 17.4 Å². The molecule has 3 N–H and O–H groups in total. The van der Waals surface area contributed by atoms with E-state index in [0.717, 1.165) is 10.1 Å². The molecule has 0 saturated carbocycles. The van der Waals surface area contributed by atoms with Gasteiger partial charge in [0.2, 0.25) is 0 Å².